The molecule has 0 saturated carbocycles. The van der Waals surface area contributed by atoms with Crippen LogP contribution in [-0.4, -0.2) is 24.2 Å². The maximum Gasteiger partial charge on any atom is 0.0816 e. The van der Waals surface area contributed by atoms with Crippen LogP contribution in [0.2, 0.25) is 0 Å². The molecule has 82 valence electrons. The van der Waals surface area contributed by atoms with Crippen LogP contribution in [0.25, 0.3) is 0 Å². The Bertz CT molecular complexity index is 304. The molecule has 1 fully saturated rings. The monoisotopic (exact) mass is 206 g/mol. The highest BCUT2D eigenvalue weighted by Crippen LogP contribution is 2.19. The first kappa shape index (κ1) is 10.6. The number of pyridine rings is 1. The van der Waals surface area contributed by atoms with Crippen LogP contribution in [0.3, 0.4) is 0 Å². The quantitative estimate of drug-likeness (QED) is 0.819. The van der Waals surface area contributed by atoms with E-state index in [1.165, 1.54) is 0 Å². The van der Waals surface area contributed by atoms with Gasteiger partial charge in [-0.1, -0.05) is 6.07 Å². The van der Waals surface area contributed by atoms with Crippen molar-refractivity contribution >= 4 is 0 Å². The van der Waals surface area contributed by atoms with Crippen molar-refractivity contribution in [3.05, 3.63) is 29.6 Å². The van der Waals surface area contributed by atoms with E-state index in [9.17, 15) is 0 Å². The van der Waals surface area contributed by atoms with Gasteiger partial charge in [0.1, 0.15) is 0 Å². The van der Waals surface area contributed by atoms with Gasteiger partial charge in [-0.15, -0.1) is 0 Å². The minimum absolute atomic E-state index is 0.142. The summed E-state index contributed by atoms with van der Waals surface area (Å²) in [5.41, 5.74) is 2.21. The zero-order chi connectivity index (χ0) is 10.7. The predicted octanol–water partition coefficient (Wildman–Crippen LogP) is 1.83. The van der Waals surface area contributed by atoms with E-state index in [0.717, 1.165) is 30.8 Å². The van der Waals surface area contributed by atoms with E-state index in [2.05, 4.69) is 23.3 Å². The van der Waals surface area contributed by atoms with Gasteiger partial charge in [-0.3, -0.25) is 4.98 Å². The molecule has 2 heterocycles. The largest absolute Gasteiger partial charge is 0.369 e. The van der Waals surface area contributed by atoms with Gasteiger partial charge in [0.15, 0.2) is 0 Å². The molecule has 3 nitrogen and oxygen atoms in total. The summed E-state index contributed by atoms with van der Waals surface area (Å²) in [4.78, 5) is 4.28. The third-order valence-electron chi connectivity index (χ3n) is 2.82. The molecule has 1 N–H and O–H groups in total. The Morgan fingerprint density at radius 2 is 2.40 bits per heavy atom. The van der Waals surface area contributed by atoms with E-state index in [4.69, 9.17) is 4.74 Å². The summed E-state index contributed by atoms with van der Waals surface area (Å²) in [5, 5.41) is 3.30. The fourth-order valence-electron chi connectivity index (χ4n) is 1.83. The summed E-state index contributed by atoms with van der Waals surface area (Å²) in [6.07, 6.45) is 3.52. The van der Waals surface area contributed by atoms with Crippen LogP contribution in [0.1, 0.15) is 30.7 Å². The molecule has 0 spiro atoms. The Hall–Kier alpha value is -0.930. The highest BCUT2D eigenvalue weighted by atomic mass is 16.5. The van der Waals surface area contributed by atoms with Crippen molar-refractivity contribution in [1.82, 2.24) is 10.3 Å². The van der Waals surface area contributed by atoms with Crippen LogP contribution in [-0.2, 0) is 4.74 Å². The summed E-state index contributed by atoms with van der Waals surface area (Å²) < 4.78 is 5.93. The molecule has 0 aliphatic carbocycles. The fourth-order valence-corrected chi connectivity index (χ4v) is 1.83. The van der Waals surface area contributed by atoms with Crippen LogP contribution in [0.5, 0.6) is 0 Å². The van der Waals surface area contributed by atoms with Gasteiger partial charge in [0.2, 0.25) is 0 Å². The van der Waals surface area contributed by atoms with Crippen LogP contribution in [0.15, 0.2) is 18.3 Å². The molecule has 1 aromatic rings. The highest BCUT2D eigenvalue weighted by Gasteiger charge is 2.18. The molecule has 1 aliphatic heterocycles. The molecule has 0 radical (unpaired) electrons. The average molecular weight is 206 g/mol. The molecule has 1 saturated heterocycles. The molecular weight excluding hydrogens is 188 g/mol. The lowest BCUT2D eigenvalue weighted by molar-refractivity contribution is 0.00811. The zero-order valence-electron chi connectivity index (χ0n) is 9.36. The lowest BCUT2D eigenvalue weighted by Crippen LogP contribution is -2.18. The number of nitrogens with one attached hydrogen (secondary N) is 1. The van der Waals surface area contributed by atoms with Gasteiger partial charge in [0.05, 0.1) is 12.2 Å². The number of hydrogen-bond acceptors (Lipinski definition) is 3. The highest BCUT2D eigenvalue weighted by molar-refractivity contribution is 5.15. The van der Waals surface area contributed by atoms with E-state index in [-0.39, 0.29) is 6.10 Å². The third kappa shape index (κ3) is 2.76. The molecule has 2 rings (SSSR count). The first-order valence-corrected chi connectivity index (χ1v) is 5.54. The topological polar surface area (TPSA) is 34.1 Å². The maximum absolute atomic E-state index is 5.93. The molecule has 1 aromatic heterocycles. The molecule has 0 aromatic carbocycles. The van der Waals surface area contributed by atoms with Crippen molar-refractivity contribution in [2.45, 2.75) is 32.5 Å². The van der Waals surface area contributed by atoms with Crippen molar-refractivity contribution < 1.29 is 4.74 Å². The normalized spacial score (nSPS) is 22.9. The number of ether oxygens (including phenoxy) is 1. The molecule has 15 heavy (non-hydrogen) atoms. The van der Waals surface area contributed by atoms with E-state index in [1.54, 1.807) is 0 Å². The Morgan fingerprint density at radius 1 is 1.53 bits per heavy atom. The molecule has 0 unspecified atom stereocenters. The number of rotatable bonds is 3. The van der Waals surface area contributed by atoms with Crippen molar-refractivity contribution in [1.29, 1.82) is 0 Å². The van der Waals surface area contributed by atoms with Crippen LogP contribution in [0, 0.1) is 6.92 Å². The van der Waals surface area contributed by atoms with Crippen molar-refractivity contribution in [3.8, 4) is 0 Å². The van der Waals surface area contributed by atoms with Crippen LogP contribution < -0.4 is 5.32 Å². The van der Waals surface area contributed by atoms with Gasteiger partial charge in [-0.2, -0.15) is 0 Å². The minimum Gasteiger partial charge on any atom is -0.369 e. The Morgan fingerprint density at radius 3 is 3.00 bits per heavy atom. The molecule has 0 amide bonds. The second-order valence-electron chi connectivity index (χ2n) is 4.13. The SMILES string of the molecule is Cc1ccc([C@@H](C)O[C@@H]2CCNC2)cn1. The van der Waals surface area contributed by atoms with Gasteiger partial charge in [0, 0.05) is 18.4 Å². The smallest absolute Gasteiger partial charge is 0.0816 e. The average Bonchev–Trinajstić information content (AvgIpc) is 2.71. The first-order valence-electron chi connectivity index (χ1n) is 5.54. The van der Waals surface area contributed by atoms with E-state index >= 15 is 0 Å². The Labute approximate surface area is 90.9 Å². The standard InChI is InChI=1S/C12H18N2O/c1-9-3-4-11(7-14-9)10(2)15-12-5-6-13-8-12/h3-4,7,10,12-13H,5-6,8H2,1-2H3/t10-,12-/m1/s1. The molecule has 2 atom stereocenters. The molecule has 3 heteroatoms. The van der Waals surface area contributed by atoms with Crippen molar-refractivity contribution in [2.75, 3.05) is 13.1 Å². The van der Waals surface area contributed by atoms with Crippen molar-refractivity contribution in [3.63, 3.8) is 0 Å². The predicted molar refractivity (Wildman–Crippen MR) is 59.7 cm³/mol. The summed E-state index contributed by atoms with van der Waals surface area (Å²) in [6, 6.07) is 4.12. The van der Waals surface area contributed by atoms with Crippen LogP contribution >= 0.6 is 0 Å². The van der Waals surface area contributed by atoms with Gasteiger partial charge in [-0.05, 0) is 38.4 Å². The summed E-state index contributed by atoms with van der Waals surface area (Å²) >= 11 is 0. The Kier molecular flexibility index (Phi) is 3.34. The molecule has 0 bridgehead atoms. The summed E-state index contributed by atoms with van der Waals surface area (Å²) in [5.74, 6) is 0. The maximum atomic E-state index is 5.93. The van der Waals surface area contributed by atoms with E-state index in [1.807, 2.05) is 19.2 Å². The number of aromatic nitrogens is 1. The lowest BCUT2D eigenvalue weighted by atomic mass is 10.1. The fraction of sp³-hybridized carbons (Fsp3) is 0.583. The van der Waals surface area contributed by atoms with Gasteiger partial charge in [0.25, 0.3) is 0 Å². The van der Waals surface area contributed by atoms with Crippen molar-refractivity contribution in [2.24, 2.45) is 0 Å². The first-order chi connectivity index (χ1) is 7.25. The minimum atomic E-state index is 0.142. The lowest BCUT2D eigenvalue weighted by Gasteiger charge is -2.17. The van der Waals surface area contributed by atoms with E-state index in [0.29, 0.717) is 6.10 Å². The molecule has 1 aliphatic rings. The number of hydrogen-bond donors (Lipinski definition) is 1. The number of nitrogens with zero attached hydrogens (tertiary/aromatic N) is 1. The van der Waals surface area contributed by atoms with E-state index < -0.39 is 0 Å². The van der Waals surface area contributed by atoms with Gasteiger partial charge in [-0.25, -0.2) is 0 Å². The second kappa shape index (κ2) is 4.73. The molecular formula is C12H18N2O. The Balaban J connectivity index is 1.94. The number of aryl methyl sites for hydroxylation is 1. The zero-order valence-corrected chi connectivity index (χ0v) is 9.36. The third-order valence-corrected chi connectivity index (χ3v) is 2.82. The summed E-state index contributed by atoms with van der Waals surface area (Å²) in [7, 11) is 0. The summed E-state index contributed by atoms with van der Waals surface area (Å²) in [6.45, 7) is 6.13. The van der Waals surface area contributed by atoms with Gasteiger partial charge < -0.3 is 10.1 Å². The van der Waals surface area contributed by atoms with Crippen LogP contribution in [0.4, 0.5) is 0 Å². The van der Waals surface area contributed by atoms with Gasteiger partial charge >= 0.3 is 0 Å². The second-order valence-corrected chi connectivity index (χ2v) is 4.13.